The van der Waals surface area contributed by atoms with Crippen molar-refractivity contribution in [1.29, 1.82) is 0 Å². The summed E-state index contributed by atoms with van der Waals surface area (Å²) in [6, 6.07) is 0. The van der Waals surface area contributed by atoms with Gasteiger partial charge in [0.1, 0.15) is 0 Å². The number of likely N-dealkylation sites (N-methyl/N-ethyl adjacent to an activating group) is 1. The second-order valence-corrected chi connectivity index (χ2v) is 4.46. The fourth-order valence-corrected chi connectivity index (χ4v) is 1.76. The van der Waals surface area contributed by atoms with Crippen LogP contribution in [0.3, 0.4) is 0 Å². The molecule has 0 amide bonds. The molecule has 1 heterocycles. The maximum absolute atomic E-state index is 8.17. The van der Waals surface area contributed by atoms with Gasteiger partial charge in [-0.15, -0.1) is 0 Å². The van der Waals surface area contributed by atoms with Crippen LogP contribution in [0, 0.1) is 0 Å². The van der Waals surface area contributed by atoms with Gasteiger partial charge in [-0.05, 0) is 26.4 Å². The third kappa shape index (κ3) is 2.87. The Hall–Kier alpha value is -0.770. The average Bonchev–Trinajstić information content (AvgIpc) is 2.11. The minimum absolute atomic E-state index is 0.231. The molecule has 1 aliphatic heterocycles. The molecule has 0 atom stereocenters. The van der Waals surface area contributed by atoms with Crippen LogP contribution in [-0.4, -0.2) is 55.1 Å². The van der Waals surface area contributed by atoms with E-state index in [1.165, 1.54) is 0 Å². The number of nitrogens with zero attached hydrogens (tertiary/aromatic N) is 5. The SMILES string of the molecule is CN1CCN(CCN=[N+]=[N-])CC1(C)C. The topological polar surface area (TPSA) is 55.2 Å². The number of hydrogen-bond donors (Lipinski definition) is 0. The first-order valence-electron chi connectivity index (χ1n) is 5.01. The van der Waals surface area contributed by atoms with Gasteiger partial charge in [0.15, 0.2) is 0 Å². The maximum Gasteiger partial charge on any atom is 0.0385 e. The van der Waals surface area contributed by atoms with E-state index in [0.29, 0.717) is 6.54 Å². The van der Waals surface area contributed by atoms with E-state index in [1.54, 1.807) is 0 Å². The largest absolute Gasteiger partial charge is 0.300 e. The van der Waals surface area contributed by atoms with Crippen molar-refractivity contribution in [3.63, 3.8) is 0 Å². The molecule has 14 heavy (non-hydrogen) atoms. The summed E-state index contributed by atoms with van der Waals surface area (Å²) in [4.78, 5) is 7.49. The van der Waals surface area contributed by atoms with Crippen LogP contribution in [0.5, 0.6) is 0 Å². The van der Waals surface area contributed by atoms with Crippen molar-refractivity contribution in [2.45, 2.75) is 19.4 Å². The van der Waals surface area contributed by atoms with Gasteiger partial charge in [-0.1, -0.05) is 5.11 Å². The molecule has 0 aromatic heterocycles. The Balaban J connectivity index is 2.39. The zero-order valence-electron chi connectivity index (χ0n) is 9.27. The van der Waals surface area contributed by atoms with E-state index in [9.17, 15) is 0 Å². The summed E-state index contributed by atoms with van der Waals surface area (Å²) in [5.41, 5.74) is 8.40. The molecule has 5 nitrogen and oxygen atoms in total. The predicted molar refractivity (Wildman–Crippen MR) is 57.2 cm³/mol. The highest BCUT2D eigenvalue weighted by atomic mass is 15.3. The molecule has 0 N–H and O–H groups in total. The van der Waals surface area contributed by atoms with E-state index in [-0.39, 0.29) is 5.54 Å². The van der Waals surface area contributed by atoms with Gasteiger partial charge in [-0.3, -0.25) is 4.90 Å². The fourth-order valence-electron chi connectivity index (χ4n) is 1.76. The molecular weight excluding hydrogens is 178 g/mol. The van der Waals surface area contributed by atoms with Crippen LogP contribution in [0.2, 0.25) is 0 Å². The Morgan fingerprint density at radius 3 is 2.71 bits per heavy atom. The van der Waals surface area contributed by atoms with Gasteiger partial charge in [-0.2, -0.15) is 0 Å². The molecule has 0 aliphatic carbocycles. The van der Waals surface area contributed by atoms with E-state index >= 15 is 0 Å². The van der Waals surface area contributed by atoms with Gasteiger partial charge in [-0.25, -0.2) is 0 Å². The first-order chi connectivity index (χ1) is 6.56. The average molecular weight is 197 g/mol. The molecule has 0 unspecified atom stereocenters. The van der Waals surface area contributed by atoms with Crippen molar-refractivity contribution in [2.24, 2.45) is 5.11 Å². The van der Waals surface area contributed by atoms with Crippen molar-refractivity contribution in [3.05, 3.63) is 10.4 Å². The Morgan fingerprint density at radius 1 is 1.43 bits per heavy atom. The second-order valence-electron chi connectivity index (χ2n) is 4.46. The van der Waals surface area contributed by atoms with Crippen molar-refractivity contribution in [3.8, 4) is 0 Å². The minimum Gasteiger partial charge on any atom is -0.300 e. The molecule has 5 heteroatoms. The van der Waals surface area contributed by atoms with Crippen molar-refractivity contribution >= 4 is 0 Å². The maximum atomic E-state index is 8.17. The van der Waals surface area contributed by atoms with E-state index in [4.69, 9.17) is 5.53 Å². The Labute approximate surface area is 85.3 Å². The van der Waals surface area contributed by atoms with Gasteiger partial charge in [0, 0.05) is 43.2 Å². The zero-order valence-corrected chi connectivity index (χ0v) is 9.27. The van der Waals surface area contributed by atoms with Gasteiger partial charge in [0.05, 0.1) is 0 Å². The lowest BCUT2D eigenvalue weighted by atomic mass is 10.00. The third-order valence-corrected chi connectivity index (χ3v) is 2.98. The third-order valence-electron chi connectivity index (χ3n) is 2.98. The van der Waals surface area contributed by atoms with E-state index in [0.717, 1.165) is 26.2 Å². The van der Waals surface area contributed by atoms with Crippen LogP contribution >= 0.6 is 0 Å². The lowest BCUT2D eigenvalue weighted by molar-refractivity contribution is 0.0418. The standard InChI is InChI=1S/C9H19N5/c1-9(2)8-14(5-4-11-12-10)7-6-13(9)3/h4-8H2,1-3H3. The van der Waals surface area contributed by atoms with Crippen LogP contribution in [-0.2, 0) is 0 Å². The van der Waals surface area contributed by atoms with Crippen LogP contribution in [0.4, 0.5) is 0 Å². The smallest absolute Gasteiger partial charge is 0.0385 e. The lowest BCUT2D eigenvalue weighted by Gasteiger charge is -2.45. The van der Waals surface area contributed by atoms with E-state index in [2.05, 4.69) is 40.7 Å². The summed E-state index contributed by atoms with van der Waals surface area (Å²) in [5, 5.41) is 3.56. The quantitative estimate of drug-likeness (QED) is 0.389. The summed E-state index contributed by atoms with van der Waals surface area (Å²) < 4.78 is 0. The highest BCUT2D eigenvalue weighted by Gasteiger charge is 2.30. The summed E-state index contributed by atoms with van der Waals surface area (Å²) in [6.07, 6.45) is 0. The molecule has 0 spiro atoms. The van der Waals surface area contributed by atoms with Gasteiger partial charge >= 0.3 is 0 Å². The zero-order chi connectivity index (χ0) is 10.6. The number of piperazine rings is 1. The van der Waals surface area contributed by atoms with Gasteiger partial charge < -0.3 is 4.90 Å². The van der Waals surface area contributed by atoms with E-state index < -0.39 is 0 Å². The van der Waals surface area contributed by atoms with Crippen LogP contribution in [0.25, 0.3) is 10.4 Å². The summed E-state index contributed by atoms with van der Waals surface area (Å²) in [5.74, 6) is 0. The highest BCUT2D eigenvalue weighted by molar-refractivity contribution is 4.88. The van der Waals surface area contributed by atoms with Crippen LogP contribution in [0.1, 0.15) is 13.8 Å². The highest BCUT2D eigenvalue weighted by Crippen LogP contribution is 2.18. The molecule has 0 aromatic carbocycles. The number of azide groups is 1. The second kappa shape index (κ2) is 4.64. The fraction of sp³-hybridized carbons (Fsp3) is 1.00. The number of hydrogen-bond acceptors (Lipinski definition) is 3. The monoisotopic (exact) mass is 197 g/mol. The predicted octanol–water partition coefficient (Wildman–Crippen LogP) is 1.32. The Bertz CT molecular complexity index is 231. The molecule has 0 saturated carbocycles. The van der Waals surface area contributed by atoms with Gasteiger partial charge in [0.2, 0.25) is 0 Å². The van der Waals surface area contributed by atoms with Crippen LogP contribution < -0.4 is 0 Å². The summed E-state index contributed by atoms with van der Waals surface area (Å²) >= 11 is 0. The molecule has 1 rings (SSSR count). The summed E-state index contributed by atoms with van der Waals surface area (Å²) in [7, 11) is 2.16. The molecule has 0 aromatic rings. The minimum atomic E-state index is 0.231. The van der Waals surface area contributed by atoms with Gasteiger partial charge in [0.25, 0.3) is 0 Å². The lowest BCUT2D eigenvalue weighted by Crippen LogP contribution is -2.57. The van der Waals surface area contributed by atoms with Crippen molar-refractivity contribution < 1.29 is 0 Å². The molecule has 1 saturated heterocycles. The normalized spacial score (nSPS) is 23.1. The molecule has 0 bridgehead atoms. The number of rotatable bonds is 3. The van der Waals surface area contributed by atoms with E-state index in [1.807, 2.05) is 0 Å². The Kier molecular flexibility index (Phi) is 3.75. The Morgan fingerprint density at radius 2 is 2.14 bits per heavy atom. The molecule has 1 aliphatic rings. The molecular formula is C9H19N5. The van der Waals surface area contributed by atoms with Crippen LogP contribution in [0.15, 0.2) is 5.11 Å². The molecule has 0 radical (unpaired) electrons. The summed E-state index contributed by atoms with van der Waals surface area (Å²) in [6.45, 7) is 9.14. The van der Waals surface area contributed by atoms with Crippen molar-refractivity contribution in [1.82, 2.24) is 9.80 Å². The molecule has 1 fully saturated rings. The first kappa shape index (κ1) is 11.3. The first-order valence-corrected chi connectivity index (χ1v) is 5.01. The molecule has 80 valence electrons. The van der Waals surface area contributed by atoms with Crippen molar-refractivity contribution in [2.75, 3.05) is 39.8 Å².